The molecule has 0 radical (unpaired) electrons. The summed E-state index contributed by atoms with van der Waals surface area (Å²) in [5.74, 6) is 2.29. The molecular formula is C18H29NO. The molecule has 0 heterocycles. The summed E-state index contributed by atoms with van der Waals surface area (Å²) >= 11 is 0. The number of aryl methyl sites for hydroxylation is 2. The lowest BCUT2D eigenvalue weighted by atomic mass is 9.81. The third kappa shape index (κ3) is 4.24. The molecule has 2 atom stereocenters. The van der Waals surface area contributed by atoms with Gasteiger partial charge in [-0.15, -0.1) is 0 Å². The SMILES string of the molecule is Cc1cc(CNCCC2CCCC(C)C2)cc(C)c1O. The molecule has 0 aliphatic heterocycles. The van der Waals surface area contributed by atoms with E-state index in [0.29, 0.717) is 5.75 Å². The van der Waals surface area contributed by atoms with E-state index in [-0.39, 0.29) is 0 Å². The van der Waals surface area contributed by atoms with Crippen LogP contribution in [0.4, 0.5) is 0 Å². The average Bonchev–Trinajstić information content (AvgIpc) is 2.41. The molecule has 2 nitrogen and oxygen atoms in total. The molecular weight excluding hydrogens is 246 g/mol. The smallest absolute Gasteiger partial charge is 0.121 e. The van der Waals surface area contributed by atoms with E-state index in [0.717, 1.165) is 36.1 Å². The zero-order valence-electron chi connectivity index (χ0n) is 13.2. The van der Waals surface area contributed by atoms with Crippen molar-refractivity contribution in [1.82, 2.24) is 5.32 Å². The highest BCUT2D eigenvalue weighted by Crippen LogP contribution is 2.30. The van der Waals surface area contributed by atoms with E-state index in [9.17, 15) is 5.11 Å². The van der Waals surface area contributed by atoms with Crippen molar-refractivity contribution in [3.63, 3.8) is 0 Å². The summed E-state index contributed by atoms with van der Waals surface area (Å²) in [6, 6.07) is 4.16. The minimum absolute atomic E-state index is 0.435. The molecule has 1 aromatic carbocycles. The zero-order chi connectivity index (χ0) is 14.5. The van der Waals surface area contributed by atoms with Gasteiger partial charge in [-0.1, -0.05) is 38.3 Å². The molecule has 0 saturated heterocycles. The van der Waals surface area contributed by atoms with Gasteiger partial charge in [0.15, 0.2) is 0 Å². The standard InChI is InChI=1S/C18H29NO/c1-13-5-4-6-16(9-13)7-8-19-12-17-10-14(2)18(20)15(3)11-17/h10-11,13,16,19-20H,4-9,12H2,1-3H3. The Morgan fingerprint density at radius 3 is 2.55 bits per heavy atom. The first-order valence-electron chi connectivity index (χ1n) is 8.06. The number of nitrogens with one attached hydrogen (secondary N) is 1. The minimum Gasteiger partial charge on any atom is -0.507 e. The predicted molar refractivity (Wildman–Crippen MR) is 85.0 cm³/mol. The summed E-state index contributed by atoms with van der Waals surface area (Å²) in [6.45, 7) is 8.34. The van der Waals surface area contributed by atoms with Gasteiger partial charge in [0.25, 0.3) is 0 Å². The lowest BCUT2D eigenvalue weighted by Gasteiger charge is -2.26. The van der Waals surface area contributed by atoms with Crippen LogP contribution in [-0.4, -0.2) is 11.7 Å². The Hall–Kier alpha value is -1.02. The Bertz CT molecular complexity index is 418. The van der Waals surface area contributed by atoms with Gasteiger partial charge in [-0.05, 0) is 61.8 Å². The maximum Gasteiger partial charge on any atom is 0.121 e. The largest absolute Gasteiger partial charge is 0.507 e. The number of phenols is 1. The fraction of sp³-hybridized carbons (Fsp3) is 0.667. The van der Waals surface area contributed by atoms with Gasteiger partial charge in [0.1, 0.15) is 5.75 Å². The van der Waals surface area contributed by atoms with Crippen LogP contribution in [0.3, 0.4) is 0 Å². The van der Waals surface area contributed by atoms with E-state index in [2.05, 4.69) is 24.4 Å². The quantitative estimate of drug-likeness (QED) is 0.785. The van der Waals surface area contributed by atoms with E-state index in [1.807, 2.05) is 13.8 Å². The molecule has 2 N–H and O–H groups in total. The van der Waals surface area contributed by atoms with Crippen LogP contribution >= 0.6 is 0 Å². The zero-order valence-corrected chi connectivity index (χ0v) is 13.2. The first kappa shape index (κ1) is 15.4. The van der Waals surface area contributed by atoms with Crippen molar-refractivity contribution in [2.75, 3.05) is 6.54 Å². The molecule has 20 heavy (non-hydrogen) atoms. The van der Waals surface area contributed by atoms with Gasteiger partial charge < -0.3 is 10.4 Å². The van der Waals surface area contributed by atoms with Crippen molar-refractivity contribution in [3.05, 3.63) is 28.8 Å². The second-order valence-electron chi connectivity index (χ2n) is 6.68. The second kappa shape index (κ2) is 7.12. The van der Waals surface area contributed by atoms with Crippen LogP contribution in [0.15, 0.2) is 12.1 Å². The Labute approximate surface area is 123 Å². The van der Waals surface area contributed by atoms with E-state index in [4.69, 9.17) is 0 Å². The van der Waals surface area contributed by atoms with Crippen LogP contribution in [0.1, 0.15) is 55.7 Å². The van der Waals surface area contributed by atoms with Crippen LogP contribution in [0.2, 0.25) is 0 Å². The third-order valence-corrected chi connectivity index (χ3v) is 4.65. The normalized spacial score (nSPS) is 22.9. The van der Waals surface area contributed by atoms with Gasteiger partial charge in [-0.2, -0.15) is 0 Å². The molecule has 112 valence electrons. The Balaban J connectivity index is 1.73. The molecule has 2 heteroatoms. The molecule has 1 fully saturated rings. The molecule has 2 unspecified atom stereocenters. The number of aromatic hydroxyl groups is 1. The highest BCUT2D eigenvalue weighted by atomic mass is 16.3. The van der Waals surface area contributed by atoms with Crippen molar-refractivity contribution < 1.29 is 5.11 Å². The van der Waals surface area contributed by atoms with Gasteiger partial charge in [0.2, 0.25) is 0 Å². The Morgan fingerprint density at radius 2 is 1.90 bits per heavy atom. The third-order valence-electron chi connectivity index (χ3n) is 4.65. The van der Waals surface area contributed by atoms with Crippen LogP contribution in [0, 0.1) is 25.7 Å². The number of benzene rings is 1. The lowest BCUT2D eigenvalue weighted by molar-refractivity contribution is 0.267. The first-order valence-corrected chi connectivity index (χ1v) is 8.06. The fourth-order valence-corrected chi connectivity index (χ4v) is 3.51. The highest BCUT2D eigenvalue weighted by Gasteiger charge is 2.18. The average molecular weight is 275 g/mol. The molecule has 0 spiro atoms. The van der Waals surface area contributed by atoms with Crippen LogP contribution < -0.4 is 5.32 Å². The molecule has 1 aromatic rings. The van der Waals surface area contributed by atoms with Crippen molar-refractivity contribution >= 4 is 0 Å². The van der Waals surface area contributed by atoms with Crippen LogP contribution in [0.5, 0.6) is 5.75 Å². The maximum absolute atomic E-state index is 9.78. The first-order chi connectivity index (χ1) is 9.56. The Morgan fingerprint density at radius 1 is 1.20 bits per heavy atom. The summed E-state index contributed by atoms with van der Waals surface area (Å²) in [7, 11) is 0. The van der Waals surface area contributed by atoms with Gasteiger partial charge in [-0.25, -0.2) is 0 Å². The molecule has 1 aliphatic rings. The van der Waals surface area contributed by atoms with Crippen molar-refractivity contribution in [2.45, 2.75) is 59.4 Å². The van der Waals surface area contributed by atoms with Crippen molar-refractivity contribution in [3.8, 4) is 5.75 Å². The van der Waals surface area contributed by atoms with E-state index < -0.39 is 0 Å². The molecule has 1 saturated carbocycles. The molecule has 2 rings (SSSR count). The highest BCUT2D eigenvalue weighted by molar-refractivity contribution is 5.42. The molecule has 0 aromatic heterocycles. The number of rotatable bonds is 5. The summed E-state index contributed by atoms with van der Waals surface area (Å²) in [5.41, 5.74) is 3.22. The van der Waals surface area contributed by atoms with Crippen LogP contribution in [-0.2, 0) is 6.54 Å². The monoisotopic (exact) mass is 275 g/mol. The van der Waals surface area contributed by atoms with Gasteiger partial charge in [-0.3, -0.25) is 0 Å². The summed E-state index contributed by atoms with van der Waals surface area (Å²) in [5, 5.41) is 13.3. The number of phenolic OH excluding ortho intramolecular Hbond substituents is 1. The van der Waals surface area contributed by atoms with Gasteiger partial charge in [0, 0.05) is 6.54 Å². The molecule has 0 amide bonds. The van der Waals surface area contributed by atoms with Gasteiger partial charge >= 0.3 is 0 Å². The number of hydrogen-bond donors (Lipinski definition) is 2. The van der Waals surface area contributed by atoms with Gasteiger partial charge in [0.05, 0.1) is 0 Å². The fourth-order valence-electron chi connectivity index (χ4n) is 3.51. The Kier molecular flexibility index (Phi) is 5.47. The summed E-state index contributed by atoms with van der Waals surface area (Å²) < 4.78 is 0. The topological polar surface area (TPSA) is 32.3 Å². The minimum atomic E-state index is 0.435. The lowest BCUT2D eigenvalue weighted by Crippen LogP contribution is -2.21. The molecule has 1 aliphatic carbocycles. The van der Waals surface area contributed by atoms with E-state index >= 15 is 0 Å². The number of hydrogen-bond acceptors (Lipinski definition) is 2. The van der Waals surface area contributed by atoms with E-state index in [1.165, 1.54) is 37.7 Å². The summed E-state index contributed by atoms with van der Waals surface area (Å²) in [4.78, 5) is 0. The predicted octanol–water partition coefficient (Wildman–Crippen LogP) is 4.32. The molecule has 0 bridgehead atoms. The van der Waals surface area contributed by atoms with Crippen molar-refractivity contribution in [1.29, 1.82) is 0 Å². The van der Waals surface area contributed by atoms with Crippen LogP contribution in [0.25, 0.3) is 0 Å². The van der Waals surface area contributed by atoms with Crippen molar-refractivity contribution in [2.24, 2.45) is 11.8 Å². The second-order valence-corrected chi connectivity index (χ2v) is 6.68. The van der Waals surface area contributed by atoms with E-state index in [1.54, 1.807) is 0 Å². The maximum atomic E-state index is 9.78. The summed E-state index contributed by atoms with van der Waals surface area (Å²) in [6.07, 6.45) is 6.99.